The minimum Gasteiger partial charge on any atom is -0.355 e. The number of anilines is 2. The first-order valence-corrected chi connectivity index (χ1v) is 6.86. The van der Waals surface area contributed by atoms with Crippen molar-refractivity contribution < 1.29 is 14.4 Å². The summed E-state index contributed by atoms with van der Waals surface area (Å²) in [4.78, 5) is 36.4. The molecule has 0 aromatic heterocycles. The van der Waals surface area contributed by atoms with Gasteiger partial charge in [0.05, 0.1) is 5.92 Å². The zero-order valence-electron chi connectivity index (χ0n) is 11.4. The number of hydrogen-bond donors (Lipinski definition) is 3. The third-order valence-corrected chi connectivity index (χ3v) is 3.63. The van der Waals surface area contributed by atoms with Crippen LogP contribution in [0.25, 0.3) is 0 Å². The van der Waals surface area contributed by atoms with E-state index >= 15 is 0 Å². The normalized spacial score (nSPS) is 21.1. The van der Waals surface area contributed by atoms with E-state index in [1.807, 2.05) is 6.07 Å². The van der Waals surface area contributed by atoms with Crippen LogP contribution in [0.2, 0.25) is 0 Å². The number of nitrogens with one attached hydrogen (secondary N) is 3. The highest BCUT2D eigenvalue weighted by Crippen LogP contribution is 2.22. The number of benzene rings is 1. The quantitative estimate of drug-likeness (QED) is 0.746. The van der Waals surface area contributed by atoms with Gasteiger partial charge >= 0.3 is 6.03 Å². The first-order valence-electron chi connectivity index (χ1n) is 6.86. The van der Waals surface area contributed by atoms with Crippen LogP contribution in [0.1, 0.15) is 6.42 Å². The zero-order valence-corrected chi connectivity index (χ0v) is 11.4. The van der Waals surface area contributed by atoms with E-state index in [9.17, 15) is 14.4 Å². The van der Waals surface area contributed by atoms with Crippen LogP contribution in [0.4, 0.5) is 16.2 Å². The van der Waals surface area contributed by atoms with Gasteiger partial charge in [0.25, 0.3) is 0 Å². The van der Waals surface area contributed by atoms with Crippen LogP contribution in [-0.4, -0.2) is 37.5 Å². The maximum absolute atomic E-state index is 12.1. The van der Waals surface area contributed by atoms with E-state index in [1.165, 1.54) is 0 Å². The fourth-order valence-corrected chi connectivity index (χ4v) is 2.50. The van der Waals surface area contributed by atoms with Crippen molar-refractivity contribution in [1.29, 1.82) is 0 Å². The van der Waals surface area contributed by atoms with Crippen LogP contribution in [0.3, 0.4) is 0 Å². The molecular weight excluding hydrogens is 272 g/mol. The third-order valence-electron chi connectivity index (χ3n) is 3.63. The molecule has 0 radical (unpaired) electrons. The van der Waals surface area contributed by atoms with Gasteiger partial charge in [0, 0.05) is 37.4 Å². The Kier molecular flexibility index (Phi) is 3.47. The molecule has 0 bridgehead atoms. The van der Waals surface area contributed by atoms with E-state index in [0.717, 1.165) is 5.69 Å². The lowest BCUT2D eigenvalue weighted by atomic mass is 10.1. The lowest BCUT2D eigenvalue weighted by molar-refractivity contribution is -0.123. The summed E-state index contributed by atoms with van der Waals surface area (Å²) in [5.74, 6) is -0.620. The van der Waals surface area contributed by atoms with Crippen LogP contribution < -0.4 is 20.9 Å². The molecule has 7 heteroatoms. The van der Waals surface area contributed by atoms with E-state index in [0.29, 0.717) is 25.3 Å². The molecule has 4 amide bonds. The Labute approximate surface area is 121 Å². The number of nitrogens with zero attached hydrogens (tertiary/aromatic N) is 1. The lowest BCUT2D eigenvalue weighted by Crippen LogP contribution is -2.28. The molecule has 7 nitrogen and oxygen atoms in total. The molecule has 2 fully saturated rings. The van der Waals surface area contributed by atoms with E-state index < -0.39 is 0 Å². The van der Waals surface area contributed by atoms with Crippen molar-refractivity contribution >= 4 is 29.2 Å². The molecule has 0 aliphatic carbocycles. The Morgan fingerprint density at radius 3 is 2.81 bits per heavy atom. The molecule has 2 aliphatic rings. The van der Waals surface area contributed by atoms with Gasteiger partial charge < -0.3 is 16.0 Å². The monoisotopic (exact) mass is 288 g/mol. The second kappa shape index (κ2) is 5.43. The van der Waals surface area contributed by atoms with Crippen molar-refractivity contribution in [3.05, 3.63) is 24.3 Å². The number of amides is 4. The number of urea groups is 1. The van der Waals surface area contributed by atoms with Crippen molar-refractivity contribution in [3.8, 4) is 0 Å². The summed E-state index contributed by atoms with van der Waals surface area (Å²) >= 11 is 0. The van der Waals surface area contributed by atoms with Crippen LogP contribution in [0.5, 0.6) is 0 Å². The molecule has 2 aliphatic heterocycles. The standard InChI is InChI=1S/C14H16N4O3/c19-12-6-9(8-16-12)13(20)17-10-2-1-3-11(7-10)18-5-4-15-14(18)21/h1-3,7,9H,4-6,8H2,(H,15,21)(H,16,19)(H,17,20). The van der Waals surface area contributed by atoms with Gasteiger partial charge in [0.1, 0.15) is 0 Å². The van der Waals surface area contributed by atoms with Crippen LogP contribution in [-0.2, 0) is 9.59 Å². The van der Waals surface area contributed by atoms with E-state index in [2.05, 4.69) is 16.0 Å². The number of carbonyl (C=O) groups is 3. The number of carbonyl (C=O) groups excluding carboxylic acids is 3. The van der Waals surface area contributed by atoms with Crippen molar-refractivity contribution in [1.82, 2.24) is 10.6 Å². The fourth-order valence-electron chi connectivity index (χ4n) is 2.50. The largest absolute Gasteiger partial charge is 0.355 e. The molecule has 3 rings (SSSR count). The fraction of sp³-hybridized carbons (Fsp3) is 0.357. The molecule has 2 saturated heterocycles. The van der Waals surface area contributed by atoms with Crippen LogP contribution in [0, 0.1) is 5.92 Å². The van der Waals surface area contributed by atoms with E-state index in [4.69, 9.17) is 0 Å². The maximum atomic E-state index is 12.1. The Hall–Kier alpha value is -2.57. The summed E-state index contributed by atoms with van der Waals surface area (Å²) in [5, 5.41) is 8.16. The molecule has 3 N–H and O–H groups in total. The van der Waals surface area contributed by atoms with E-state index in [1.54, 1.807) is 23.1 Å². The summed E-state index contributed by atoms with van der Waals surface area (Å²) in [5.41, 5.74) is 1.36. The van der Waals surface area contributed by atoms with Gasteiger partial charge in [0.2, 0.25) is 11.8 Å². The highest BCUT2D eigenvalue weighted by Gasteiger charge is 2.28. The number of hydrogen-bond acceptors (Lipinski definition) is 3. The second-order valence-electron chi connectivity index (χ2n) is 5.13. The smallest absolute Gasteiger partial charge is 0.321 e. The van der Waals surface area contributed by atoms with Gasteiger partial charge in [-0.05, 0) is 18.2 Å². The molecule has 2 heterocycles. The molecule has 1 aromatic carbocycles. The van der Waals surface area contributed by atoms with Crippen molar-refractivity contribution in [2.24, 2.45) is 5.92 Å². The Morgan fingerprint density at radius 1 is 1.29 bits per heavy atom. The summed E-state index contributed by atoms with van der Waals surface area (Å²) in [7, 11) is 0. The minimum atomic E-state index is -0.337. The average Bonchev–Trinajstić information content (AvgIpc) is 3.08. The molecule has 1 unspecified atom stereocenters. The van der Waals surface area contributed by atoms with Gasteiger partial charge in [-0.25, -0.2) is 4.79 Å². The lowest BCUT2D eigenvalue weighted by Gasteiger charge is -2.16. The number of rotatable bonds is 3. The van der Waals surface area contributed by atoms with Gasteiger partial charge in [-0.3, -0.25) is 14.5 Å². The molecule has 1 atom stereocenters. The zero-order chi connectivity index (χ0) is 14.8. The minimum absolute atomic E-state index is 0.0994. The maximum Gasteiger partial charge on any atom is 0.321 e. The highest BCUT2D eigenvalue weighted by atomic mass is 16.2. The van der Waals surface area contributed by atoms with E-state index in [-0.39, 0.29) is 30.2 Å². The molecular formula is C14H16N4O3. The van der Waals surface area contributed by atoms with Crippen molar-refractivity contribution in [3.63, 3.8) is 0 Å². The Bertz CT molecular complexity index is 602. The predicted octanol–water partition coefficient (Wildman–Crippen LogP) is 0.291. The molecule has 0 saturated carbocycles. The summed E-state index contributed by atoms with van der Waals surface area (Å²) in [6.07, 6.45) is 0.222. The first-order chi connectivity index (χ1) is 10.1. The van der Waals surface area contributed by atoms with Crippen LogP contribution >= 0.6 is 0 Å². The van der Waals surface area contributed by atoms with Gasteiger partial charge in [-0.15, -0.1) is 0 Å². The second-order valence-corrected chi connectivity index (χ2v) is 5.13. The first kappa shape index (κ1) is 13.4. The highest BCUT2D eigenvalue weighted by molar-refractivity contribution is 5.98. The van der Waals surface area contributed by atoms with Gasteiger partial charge in [-0.1, -0.05) is 6.07 Å². The third kappa shape index (κ3) is 2.81. The van der Waals surface area contributed by atoms with Crippen molar-refractivity contribution in [2.45, 2.75) is 6.42 Å². The molecule has 0 spiro atoms. The average molecular weight is 288 g/mol. The molecule has 110 valence electrons. The summed E-state index contributed by atoms with van der Waals surface area (Å²) in [6, 6.07) is 6.99. The molecule has 1 aromatic rings. The van der Waals surface area contributed by atoms with Gasteiger partial charge in [0.15, 0.2) is 0 Å². The Balaban J connectivity index is 1.70. The Morgan fingerprint density at radius 2 is 2.14 bits per heavy atom. The predicted molar refractivity (Wildman–Crippen MR) is 76.9 cm³/mol. The topological polar surface area (TPSA) is 90.5 Å². The molecule has 21 heavy (non-hydrogen) atoms. The van der Waals surface area contributed by atoms with Crippen molar-refractivity contribution in [2.75, 3.05) is 29.9 Å². The summed E-state index contributed by atoms with van der Waals surface area (Å²) in [6.45, 7) is 1.60. The van der Waals surface area contributed by atoms with Gasteiger partial charge in [-0.2, -0.15) is 0 Å². The summed E-state index contributed by atoms with van der Waals surface area (Å²) < 4.78 is 0. The van der Waals surface area contributed by atoms with Crippen LogP contribution in [0.15, 0.2) is 24.3 Å². The SMILES string of the molecule is O=C1CC(C(=O)Nc2cccc(N3CCNC3=O)c2)CN1.